The van der Waals surface area contributed by atoms with E-state index in [-0.39, 0.29) is 5.41 Å². The largest absolute Gasteiger partial charge is 0.396 e. The Morgan fingerprint density at radius 3 is 2.24 bits per heavy atom. The molecular weight excluding hydrogens is 210 g/mol. The van der Waals surface area contributed by atoms with E-state index in [0.717, 1.165) is 18.4 Å². The second-order valence-corrected chi connectivity index (χ2v) is 6.96. The van der Waals surface area contributed by atoms with Crippen LogP contribution in [0.2, 0.25) is 0 Å². The molecule has 0 amide bonds. The standard InChI is InChI=1S/C15H29NO/c1-12-4-6-15(11-17,7-5-12)10-16-9-13(2)8-14(16)3/h12-14,17H,4-11H2,1-3H3. The zero-order valence-corrected chi connectivity index (χ0v) is 11.8. The van der Waals surface area contributed by atoms with E-state index in [2.05, 4.69) is 25.7 Å². The van der Waals surface area contributed by atoms with Crippen molar-refractivity contribution in [3.63, 3.8) is 0 Å². The minimum absolute atomic E-state index is 0.213. The van der Waals surface area contributed by atoms with E-state index in [0.29, 0.717) is 12.6 Å². The molecule has 2 rings (SSSR count). The van der Waals surface area contributed by atoms with Gasteiger partial charge in [0.1, 0.15) is 0 Å². The molecule has 1 saturated carbocycles. The molecule has 0 radical (unpaired) electrons. The van der Waals surface area contributed by atoms with E-state index in [4.69, 9.17) is 0 Å². The van der Waals surface area contributed by atoms with Gasteiger partial charge in [-0.3, -0.25) is 4.90 Å². The second-order valence-electron chi connectivity index (χ2n) is 6.96. The maximum absolute atomic E-state index is 9.81. The van der Waals surface area contributed by atoms with Crippen LogP contribution in [0.1, 0.15) is 52.9 Å². The minimum atomic E-state index is 0.213. The lowest BCUT2D eigenvalue weighted by molar-refractivity contribution is 0.0268. The number of hydrogen-bond acceptors (Lipinski definition) is 2. The molecule has 1 saturated heterocycles. The Hall–Kier alpha value is -0.0800. The van der Waals surface area contributed by atoms with E-state index in [1.165, 1.54) is 38.6 Å². The highest BCUT2D eigenvalue weighted by molar-refractivity contribution is 4.91. The molecule has 2 heteroatoms. The lowest BCUT2D eigenvalue weighted by Crippen LogP contribution is -2.43. The van der Waals surface area contributed by atoms with E-state index in [1.807, 2.05) is 0 Å². The summed E-state index contributed by atoms with van der Waals surface area (Å²) in [4.78, 5) is 2.62. The monoisotopic (exact) mass is 239 g/mol. The van der Waals surface area contributed by atoms with Crippen molar-refractivity contribution in [3.8, 4) is 0 Å². The van der Waals surface area contributed by atoms with Gasteiger partial charge in [-0.1, -0.05) is 26.7 Å². The predicted octanol–water partition coefficient (Wildman–Crippen LogP) is 2.91. The molecule has 1 heterocycles. The fourth-order valence-electron chi connectivity index (χ4n) is 3.78. The maximum Gasteiger partial charge on any atom is 0.0499 e. The quantitative estimate of drug-likeness (QED) is 0.818. The molecule has 2 unspecified atom stereocenters. The van der Waals surface area contributed by atoms with Crippen LogP contribution in [0, 0.1) is 17.3 Å². The molecule has 2 nitrogen and oxygen atoms in total. The van der Waals surface area contributed by atoms with Crippen molar-refractivity contribution in [2.24, 2.45) is 17.3 Å². The number of rotatable bonds is 3. The smallest absolute Gasteiger partial charge is 0.0499 e. The summed E-state index contributed by atoms with van der Waals surface area (Å²) in [6.45, 7) is 9.80. The molecule has 0 aromatic heterocycles. The molecule has 2 fully saturated rings. The first-order valence-electron chi connectivity index (χ1n) is 7.39. The highest BCUT2D eigenvalue weighted by atomic mass is 16.3. The van der Waals surface area contributed by atoms with Crippen molar-refractivity contribution in [3.05, 3.63) is 0 Å². The minimum Gasteiger partial charge on any atom is -0.396 e. The third-order valence-corrected chi connectivity index (χ3v) is 5.12. The van der Waals surface area contributed by atoms with Crippen molar-refractivity contribution >= 4 is 0 Å². The summed E-state index contributed by atoms with van der Waals surface area (Å²) in [5, 5.41) is 9.81. The van der Waals surface area contributed by atoms with Crippen molar-refractivity contribution < 1.29 is 5.11 Å². The third-order valence-electron chi connectivity index (χ3n) is 5.12. The Morgan fingerprint density at radius 2 is 1.76 bits per heavy atom. The van der Waals surface area contributed by atoms with Crippen LogP contribution < -0.4 is 0 Å². The predicted molar refractivity (Wildman–Crippen MR) is 72.0 cm³/mol. The molecule has 2 atom stereocenters. The van der Waals surface area contributed by atoms with Crippen molar-refractivity contribution in [2.75, 3.05) is 19.7 Å². The highest BCUT2D eigenvalue weighted by Crippen LogP contribution is 2.40. The summed E-state index contributed by atoms with van der Waals surface area (Å²) in [6.07, 6.45) is 6.39. The normalized spacial score (nSPS) is 44.1. The van der Waals surface area contributed by atoms with E-state index >= 15 is 0 Å². The Kier molecular flexibility index (Phi) is 4.14. The second kappa shape index (κ2) is 5.27. The Balaban J connectivity index is 1.95. The first-order chi connectivity index (χ1) is 8.04. The number of aliphatic hydroxyl groups excluding tert-OH is 1. The zero-order chi connectivity index (χ0) is 12.5. The van der Waals surface area contributed by atoms with Crippen LogP contribution in [0.15, 0.2) is 0 Å². The molecular formula is C15H29NO. The molecule has 1 N–H and O–H groups in total. The Morgan fingerprint density at radius 1 is 1.12 bits per heavy atom. The summed E-state index contributed by atoms with van der Waals surface area (Å²) >= 11 is 0. The van der Waals surface area contributed by atoms with Gasteiger partial charge in [-0.15, -0.1) is 0 Å². The van der Waals surface area contributed by atoms with Gasteiger partial charge in [0.2, 0.25) is 0 Å². The molecule has 0 aromatic carbocycles. The molecule has 1 aliphatic carbocycles. The van der Waals surface area contributed by atoms with Crippen molar-refractivity contribution in [2.45, 2.75) is 58.9 Å². The van der Waals surface area contributed by atoms with Crippen molar-refractivity contribution in [1.82, 2.24) is 4.90 Å². The average Bonchev–Trinajstić information content (AvgIpc) is 2.61. The molecule has 0 aromatic rings. The number of aliphatic hydroxyl groups is 1. The fourth-order valence-corrected chi connectivity index (χ4v) is 3.78. The van der Waals surface area contributed by atoms with Crippen LogP contribution in [0.25, 0.3) is 0 Å². The van der Waals surface area contributed by atoms with Gasteiger partial charge < -0.3 is 5.11 Å². The molecule has 1 aliphatic heterocycles. The summed E-state index contributed by atoms with van der Waals surface area (Å²) in [7, 11) is 0. The molecule has 2 aliphatic rings. The van der Waals surface area contributed by atoms with Crippen molar-refractivity contribution in [1.29, 1.82) is 0 Å². The first-order valence-corrected chi connectivity index (χ1v) is 7.39. The Bertz CT molecular complexity index is 245. The van der Waals surface area contributed by atoms with Crippen LogP contribution >= 0.6 is 0 Å². The lowest BCUT2D eigenvalue weighted by Gasteiger charge is -2.41. The topological polar surface area (TPSA) is 23.5 Å². The van der Waals surface area contributed by atoms with Crippen LogP contribution in [0.3, 0.4) is 0 Å². The molecule has 100 valence electrons. The van der Waals surface area contributed by atoms with Crippen LogP contribution in [-0.4, -0.2) is 35.7 Å². The SMILES string of the molecule is CC1CCC(CO)(CN2CC(C)CC2C)CC1. The van der Waals surface area contributed by atoms with Gasteiger partial charge in [0.05, 0.1) is 0 Å². The van der Waals surface area contributed by atoms with Gasteiger partial charge in [-0.05, 0) is 38.0 Å². The van der Waals surface area contributed by atoms with E-state index in [1.54, 1.807) is 0 Å². The Labute approximate surface area is 106 Å². The van der Waals surface area contributed by atoms with Gasteiger partial charge >= 0.3 is 0 Å². The van der Waals surface area contributed by atoms with Gasteiger partial charge in [-0.2, -0.15) is 0 Å². The molecule has 0 spiro atoms. The highest BCUT2D eigenvalue weighted by Gasteiger charge is 2.38. The van der Waals surface area contributed by atoms with Crippen LogP contribution in [0.4, 0.5) is 0 Å². The van der Waals surface area contributed by atoms with Crippen LogP contribution in [0.5, 0.6) is 0 Å². The summed E-state index contributed by atoms with van der Waals surface area (Å²) in [5.74, 6) is 1.70. The first kappa shape index (κ1) is 13.4. The molecule has 17 heavy (non-hydrogen) atoms. The number of nitrogens with zero attached hydrogens (tertiary/aromatic N) is 1. The fraction of sp³-hybridized carbons (Fsp3) is 1.00. The lowest BCUT2D eigenvalue weighted by atomic mass is 9.71. The van der Waals surface area contributed by atoms with Gasteiger partial charge in [0.25, 0.3) is 0 Å². The van der Waals surface area contributed by atoms with E-state index < -0.39 is 0 Å². The summed E-state index contributed by atoms with van der Waals surface area (Å²) in [5.41, 5.74) is 0.213. The summed E-state index contributed by atoms with van der Waals surface area (Å²) < 4.78 is 0. The number of hydrogen-bond donors (Lipinski definition) is 1. The van der Waals surface area contributed by atoms with Gasteiger partial charge in [-0.25, -0.2) is 0 Å². The third kappa shape index (κ3) is 3.03. The van der Waals surface area contributed by atoms with Gasteiger partial charge in [0.15, 0.2) is 0 Å². The summed E-state index contributed by atoms with van der Waals surface area (Å²) in [6, 6.07) is 0.716. The average molecular weight is 239 g/mol. The van der Waals surface area contributed by atoms with Crippen LogP contribution in [-0.2, 0) is 0 Å². The maximum atomic E-state index is 9.81. The zero-order valence-electron chi connectivity index (χ0n) is 11.8. The van der Waals surface area contributed by atoms with Gasteiger partial charge in [0, 0.05) is 31.2 Å². The molecule has 0 bridgehead atoms. The number of likely N-dealkylation sites (tertiary alicyclic amines) is 1. The van der Waals surface area contributed by atoms with E-state index in [9.17, 15) is 5.11 Å².